The maximum Gasteiger partial charge on any atom is 0.317 e. The average Bonchev–Trinajstić information content (AvgIpc) is 3.99. The second-order valence-electron chi connectivity index (χ2n) is 15.2. The number of primary amides is 2. The number of carbonyl (C=O) groups excluding carboxylic acids is 5. The zero-order chi connectivity index (χ0) is 45.7. The van der Waals surface area contributed by atoms with Crippen LogP contribution in [0.15, 0.2) is 50.2 Å². The number of ether oxygens (including phenoxy) is 3. The normalized spacial score (nSPS) is 12.1. The van der Waals surface area contributed by atoms with Crippen molar-refractivity contribution >= 4 is 68.1 Å². The first-order valence-electron chi connectivity index (χ1n) is 20.1. The van der Waals surface area contributed by atoms with Gasteiger partial charge in [-0.1, -0.05) is 37.3 Å². The number of oxazole rings is 2. The number of hydrogen-bond donors (Lipinski definition) is 3. The molecular weight excluding hydrogens is 835 g/mol. The van der Waals surface area contributed by atoms with Gasteiger partial charge in [-0.3, -0.25) is 29.3 Å². The number of anilines is 1. The van der Waals surface area contributed by atoms with Gasteiger partial charge in [0, 0.05) is 44.5 Å². The lowest BCUT2D eigenvalue weighted by atomic mass is 10.1. The van der Waals surface area contributed by atoms with E-state index in [0.717, 1.165) is 11.3 Å². The van der Waals surface area contributed by atoms with Crippen molar-refractivity contribution in [2.24, 2.45) is 16.5 Å². The van der Waals surface area contributed by atoms with Crippen LogP contribution < -0.4 is 31.1 Å². The quantitative estimate of drug-likeness (QED) is 0.0562. The van der Waals surface area contributed by atoms with E-state index in [1.165, 1.54) is 25.3 Å². The van der Waals surface area contributed by atoms with Crippen molar-refractivity contribution in [2.75, 3.05) is 19.0 Å². The third-order valence-corrected chi connectivity index (χ3v) is 10.4. The number of aromatic nitrogens is 5. The topological polar surface area (TPSA) is 264 Å². The van der Waals surface area contributed by atoms with Crippen molar-refractivity contribution in [3.63, 3.8) is 0 Å². The minimum atomic E-state index is -0.734. The van der Waals surface area contributed by atoms with Crippen molar-refractivity contribution < 1.29 is 47.0 Å². The number of nitrogens with one attached hydrogen (secondary N) is 1. The highest BCUT2D eigenvalue weighted by atomic mass is 32.1. The van der Waals surface area contributed by atoms with E-state index in [0.29, 0.717) is 63.9 Å². The maximum atomic E-state index is 13.7. The molecule has 20 heteroatoms. The number of allylic oxidation sites excluding steroid dienone is 2. The van der Waals surface area contributed by atoms with Gasteiger partial charge in [-0.25, -0.2) is 15.0 Å². The standard InChI is InChI=1S/C43H49N9O10S/c1-9-26-35(60-22(3)46-26)39(56)49-41-48-28-18-24(37(44)54)20-30(59-17-13-14-32(53)62-43(5,6)7)33(28)51(41)15-11-12-16-52-34-29(58-8)19-25(38(45)55)21-31(34)63-42(52)50-40(57)36-27(10-2)47-23(4)61-36/h11-12,18-21H,9-10,13-17H2,1-8H3,(H2,44,54)(H2,45,55)(H,48,49,56)/b12-11+,50-42-. The number of aryl methyl sites for hydroxylation is 4. The third kappa shape index (κ3) is 10.3. The van der Waals surface area contributed by atoms with Gasteiger partial charge in [-0.15, -0.1) is 0 Å². The fraction of sp³-hybridized carbons (Fsp3) is 0.372. The molecule has 0 bridgehead atoms. The van der Waals surface area contributed by atoms with Gasteiger partial charge in [-0.05, 0) is 64.3 Å². The summed E-state index contributed by atoms with van der Waals surface area (Å²) in [5.74, 6) is -1.71. The molecule has 5 N–H and O–H groups in total. The molecule has 4 amide bonds. The minimum absolute atomic E-state index is 0.0205. The predicted molar refractivity (Wildman–Crippen MR) is 232 cm³/mol. The number of nitrogens with zero attached hydrogens (tertiary/aromatic N) is 6. The molecule has 4 heterocycles. The lowest BCUT2D eigenvalue weighted by molar-refractivity contribution is -0.155. The summed E-state index contributed by atoms with van der Waals surface area (Å²) in [4.78, 5) is 82.5. The number of imidazole rings is 1. The Balaban J connectivity index is 1.41. The van der Waals surface area contributed by atoms with E-state index in [1.54, 1.807) is 62.0 Å². The van der Waals surface area contributed by atoms with Gasteiger partial charge < -0.3 is 43.6 Å². The van der Waals surface area contributed by atoms with E-state index in [-0.39, 0.29) is 70.8 Å². The minimum Gasteiger partial charge on any atom is -0.494 e. The third-order valence-electron chi connectivity index (χ3n) is 9.38. The lowest BCUT2D eigenvalue weighted by Gasteiger charge is -2.19. The number of amides is 4. The Kier molecular flexibility index (Phi) is 13.6. The lowest BCUT2D eigenvalue weighted by Crippen LogP contribution is -2.24. The summed E-state index contributed by atoms with van der Waals surface area (Å²) < 4.78 is 32.6. The van der Waals surface area contributed by atoms with Crippen LogP contribution in [0.25, 0.3) is 21.3 Å². The van der Waals surface area contributed by atoms with Gasteiger partial charge >= 0.3 is 11.9 Å². The summed E-state index contributed by atoms with van der Waals surface area (Å²) >= 11 is 1.15. The van der Waals surface area contributed by atoms with Crippen molar-refractivity contribution in [2.45, 2.75) is 92.8 Å². The number of fused-ring (bicyclic) bond motifs is 2. The van der Waals surface area contributed by atoms with Crippen molar-refractivity contribution in [3.05, 3.63) is 87.0 Å². The Morgan fingerprint density at radius 2 is 1.44 bits per heavy atom. The molecule has 19 nitrogen and oxygen atoms in total. The first-order valence-corrected chi connectivity index (χ1v) is 20.9. The molecule has 0 unspecified atom stereocenters. The summed E-state index contributed by atoms with van der Waals surface area (Å²) in [6, 6.07) is 6.08. The summed E-state index contributed by atoms with van der Waals surface area (Å²) in [6.07, 6.45) is 4.86. The van der Waals surface area contributed by atoms with E-state index in [2.05, 4.69) is 20.3 Å². The van der Waals surface area contributed by atoms with Gasteiger partial charge in [0.1, 0.15) is 28.1 Å². The molecule has 0 saturated heterocycles. The van der Waals surface area contributed by atoms with Gasteiger partial charge in [0.15, 0.2) is 16.6 Å². The number of thiazole rings is 1. The van der Waals surface area contributed by atoms with Crippen LogP contribution in [-0.2, 0) is 35.5 Å². The Bertz CT molecular complexity index is 2850. The summed E-state index contributed by atoms with van der Waals surface area (Å²) in [6.45, 7) is 12.6. The largest absolute Gasteiger partial charge is 0.494 e. The van der Waals surface area contributed by atoms with Crippen LogP contribution in [-0.4, -0.2) is 73.0 Å². The summed E-state index contributed by atoms with van der Waals surface area (Å²) in [5, 5.41) is 2.84. The van der Waals surface area contributed by atoms with Crippen molar-refractivity contribution in [1.82, 2.24) is 24.1 Å². The van der Waals surface area contributed by atoms with Gasteiger partial charge in [0.25, 0.3) is 5.91 Å². The van der Waals surface area contributed by atoms with Crippen LogP contribution in [0.4, 0.5) is 5.95 Å². The maximum absolute atomic E-state index is 13.7. The number of carbonyl (C=O) groups is 5. The second-order valence-corrected chi connectivity index (χ2v) is 16.3. The Labute approximate surface area is 365 Å². The summed E-state index contributed by atoms with van der Waals surface area (Å²) in [7, 11) is 1.45. The number of hydrogen-bond acceptors (Lipinski definition) is 14. The molecule has 63 heavy (non-hydrogen) atoms. The number of rotatable bonds is 17. The van der Waals surface area contributed by atoms with E-state index < -0.39 is 35.2 Å². The van der Waals surface area contributed by atoms with Gasteiger partial charge in [0.05, 0.1) is 35.3 Å². The fourth-order valence-electron chi connectivity index (χ4n) is 6.69. The van der Waals surface area contributed by atoms with Crippen molar-refractivity contribution in [1.29, 1.82) is 0 Å². The molecule has 4 aromatic heterocycles. The van der Waals surface area contributed by atoms with Crippen LogP contribution in [0.5, 0.6) is 11.5 Å². The Morgan fingerprint density at radius 1 is 0.841 bits per heavy atom. The molecule has 0 aliphatic heterocycles. The fourth-order valence-corrected chi connectivity index (χ4v) is 7.79. The van der Waals surface area contributed by atoms with Crippen LogP contribution in [0.3, 0.4) is 0 Å². The van der Waals surface area contributed by atoms with Crippen LogP contribution in [0, 0.1) is 13.8 Å². The molecule has 0 aliphatic rings. The zero-order valence-corrected chi connectivity index (χ0v) is 37.1. The molecule has 0 fully saturated rings. The van der Waals surface area contributed by atoms with Crippen LogP contribution >= 0.6 is 11.3 Å². The second kappa shape index (κ2) is 18.9. The van der Waals surface area contributed by atoms with Crippen LogP contribution in [0.1, 0.15) is 112 Å². The Hall–Kier alpha value is -7.09. The highest BCUT2D eigenvalue weighted by Gasteiger charge is 2.25. The van der Waals surface area contributed by atoms with E-state index in [4.69, 9.17) is 39.5 Å². The van der Waals surface area contributed by atoms with E-state index in [1.807, 2.05) is 13.8 Å². The molecule has 0 spiro atoms. The van der Waals surface area contributed by atoms with Gasteiger partial charge in [-0.2, -0.15) is 4.99 Å². The smallest absolute Gasteiger partial charge is 0.317 e. The highest BCUT2D eigenvalue weighted by Crippen LogP contribution is 2.33. The SMILES string of the molecule is CCc1nc(C)oc1C(=O)/N=c1\sc2cc(C(N)=O)cc(OC)c2n1C/C=C/Cn1c(NC(=O)c2oc(C)nc2CC)nc2cc(C(N)=O)cc(OCCCC(=O)OC(C)(C)C)c21. The molecule has 0 radical (unpaired) electrons. The molecule has 0 atom stereocenters. The molecule has 6 rings (SSSR count). The van der Waals surface area contributed by atoms with E-state index in [9.17, 15) is 24.0 Å². The molecule has 6 aromatic rings. The molecular formula is C43H49N9O10S. The first kappa shape index (κ1) is 45.4. The summed E-state index contributed by atoms with van der Waals surface area (Å²) in [5.41, 5.74) is 13.2. The average molecular weight is 884 g/mol. The highest BCUT2D eigenvalue weighted by molar-refractivity contribution is 7.16. The van der Waals surface area contributed by atoms with Crippen molar-refractivity contribution in [3.8, 4) is 11.5 Å². The molecule has 0 aliphatic carbocycles. The number of nitrogens with two attached hydrogens (primary N) is 2. The molecule has 332 valence electrons. The first-order chi connectivity index (χ1) is 29.9. The van der Waals surface area contributed by atoms with E-state index >= 15 is 0 Å². The monoisotopic (exact) mass is 883 g/mol. The number of methoxy groups -OCH3 is 1. The molecule has 0 saturated carbocycles. The zero-order valence-electron chi connectivity index (χ0n) is 36.2. The Morgan fingerprint density at radius 3 is 2.06 bits per heavy atom. The van der Waals surface area contributed by atoms with Crippen LogP contribution in [0.2, 0.25) is 0 Å². The number of benzene rings is 2. The predicted octanol–water partition coefficient (Wildman–Crippen LogP) is 5.73. The van der Waals surface area contributed by atoms with Gasteiger partial charge in [0.2, 0.25) is 29.3 Å². The number of esters is 1. The molecule has 2 aromatic carbocycles.